The molecule has 0 aromatic heterocycles. The zero-order valence-corrected chi connectivity index (χ0v) is 9.80. The highest BCUT2D eigenvalue weighted by Gasteiger charge is 2.19. The minimum atomic E-state index is -1.07. The third kappa shape index (κ3) is 3.73. The number of aryl methyl sites for hydroxylation is 1. The number of carbonyl (C=O) groups is 1. The second-order valence-electron chi connectivity index (χ2n) is 3.69. The molecule has 1 unspecified atom stereocenters. The van der Waals surface area contributed by atoms with E-state index in [1.54, 1.807) is 6.92 Å². The number of rotatable bonds is 6. The lowest BCUT2D eigenvalue weighted by molar-refractivity contribution is -0.139. The predicted octanol–water partition coefficient (Wildman–Crippen LogP) is 2.16. The Morgan fingerprint density at radius 2 is 2.39 bits per heavy atom. The second kappa shape index (κ2) is 6.58. The molecular formula is C11H13FN4O2. The minimum absolute atomic E-state index is 0.153. The van der Waals surface area contributed by atoms with Gasteiger partial charge in [-0.1, -0.05) is 17.2 Å². The number of nitrogens with zero attached hydrogens (tertiary/aromatic N) is 3. The molecule has 7 heteroatoms. The van der Waals surface area contributed by atoms with Crippen LogP contribution >= 0.6 is 0 Å². The van der Waals surface area contributed by atoms with Gasteiger partial charge in [-0.2, -0.15) is 0 Å². The minimum Gasteiger partial charge on any atom is -0.480 e. The molecule has 96 valence electrons. The molecule has 0 fully saturated rings. The highest BCUT2D eigenvalue weighted by Crippen LogP contribution is 2.17. The Morgan fingerprint density at radius 3 is 2.94 bits per heavy atom. The second-order valence-corrected chi connectivity index (χ2v) is 3.69. The summed E-state index contributed by atoms with van der Waals surface area (Å²) in [6.45, 7) is 1.95. The van der Waals surface area contributed by atoms with Gasteiger partial charge in [-0.3, -0.25) is 4.79 Å². The molecule has 18 heavy (non-hydrogen) atoms. The van der Waals surface area contributed by atoms with Gasteiger partial charge in [-0.25, -0.2) is 4.39 Å². The van der Waals surface area contributed by atoms with Crippen LogP contribution < -0.4 is 5.32 Å². The van der Waals surface area contributed by atoms with E-state index in [2.05, 4.69) is 15.3 Å². The number of carboxylic acids is 1. The molecule has 0 aliphatic heterocycles. The van der Waals surface area contributed by atoms with Crippen LogP contribution in [0.15, 0.2) is 23.3 Å². The maximum Gasteiger partial charge on any atom is 0.325 e. The van der Waals surface area contributed by atoms with Gasteiger partial charge < -0.3 is 10.4 Å². The number of hydrogen-bond donors (Lipinski definition) is 2. The monoisotopic (exact) mass is 252 g/mol. The number of carboxylic acid groups (broad SMARTS) is 1. The molecule has 0 heterocycles. The number of halogens is 1. The van der Waals surface area contributed by atoms with E-state index in [-0.39, 0.29) is 18.9 Å². The van der Waals surface area contributed by atoms with Crippen LogP contribution in [0.4, 0.5) is 4.39 Å². The number of benzene rings is 1. The molecule has 0 aliphatic carbocycles. The Morgan fingerprint density at radius 1 is 1.67 bits per heavy atom. The van der Waals surface area contributed by atoms with Gasteiger partial charge in [0.15, 0.2) is 0 Å². The summed E-state index contributed by atoms with van der Waals surface area (Å²) in [6, 6.07) is 3.18. The third-order valence-corrected chi connectivity index (χ3v) is 2.39. The average molecular weight is 252 g/mol. The van der Waals surface area contributed by atoms with Gasteiger partial charge in [-0.15, -0.1) is 0 Å². The van der Waals surface area contributed by atoms with E-state index in [9.17, 15) is 9.18 Å². The van der Waals surface area contributed by atoms with Crippen molar-refractivity contribution >= 4 is 5.97 Å². The summed E-state index contributed by atoms with van der Waals surface area (Å²) in [5, 5.41) is 15.1. The largest absolute Gasteiger partial charge is 0.480 e. The fourth-order valence-electron chi connectivity index (χ4n) is 1.50. The van der Waals surface area contributed by atoms with Crippen molar-refractivity contribution in [2.45, 2.75) is 13.0 Å². The number of hydrogen-bond acceptors (Lipinski definition) is 3. The van der Waals surface area contributed by atoms with Gasteiger partial charge in [0.1, 0.15) is 11.9 Å². The van der Waals surface area contributed by atoms with Gasteiger partial charge >= 0.3 is 5.97 Å². The third-order valence-electron chi connectivity index (χ3n) is 2.39. The summed E-state index contributed by atoms with van der Waals surface area (Å²) in [5.74, 6) is -1.45. The summed E-state index contributed by atoms with van der Waals surface area (Å²) >= 11 is 0. The van der Waals surface area contributed by atoms with Gasteiger partial charge in [0, 0.05) is 18.0 Å². The molecular weight excluding hydrogens is 239 g/mol. The average Bonchev–Trinajstić information content (AvgIpc) is 2.32. The molecule has 0 spiro atoms. The van der Waals surface area contributed by atoms with Gasteiger partial charge in [0.2, 0.25) is 0 Å². The van der Waals surface area contributed by atoms with E-state index >= 15 is 0 Å². The number of nitrogens with one attached hydrogen (secondary N) is 1. The zero-order chi connectivity index (χ0) is 13.5. The van der Waals surface area contributed by atoms with E-state index in [1.165, 1.54) is 18.2 Å². The van der Waals surface area contributed by atoms with Crippen molar-refractivity contribution in [3.05, 3.63) is 45.6 Å². The van der Waals surface area contributed by atoms with E-state index < -0.39 is 12.0 Å². The molecule has 0 aliphatic rings. The van der Waals surface area contributed by atoms with Gasteiger partial charge in [0.25, 0.3) is 0 Å². The maximum atomic E-state index is 13.1. The Hall–Kier alpha value is -2.11. The van der Waals surface area contributed by atoms with Gasteiger partial charge in [-0.05, 0) is 29.6 Å². The highest BCUT2D eigenvalue weighted by atomic mass is 19.1. The SMILES string of the molecule is Cc1cc(C(NCCN=[N+]=[N-])C(=O)O)ccc1F. The fraction of sp³-hybridized carbons (Fsp3) is 0.364. The molecule has 1 aromatic carbocycles. The molecule has 0 bridgehead atoms. The fourth-order valence-corrected chi connectivity index (χ4v) is 1.50. The van der Waals surface area contributed by atoms with Crippen LogP contribution in [0.2, 0.25) is 0 Å². The Balaban J connectivity index is 2.80. The van der Waals surface area contributed by atoms with Crippen LogP contribution in [-0.2, 0) is 4.79 Å². The molecule has 1 aromatic rings. The van der Waals surface area contributed by atoms with Crippen LogP contribution in [0, 0.1) is 12.7 Å². The molecule has 0 amide bonds. The van der Waals surface area contributed by atoms with Crippen molar-refractivity contribution in [1.29, 1.82) is 0 Å². The molecule has 0 saturated carbocycles. The first kappa shape index (κ1) is 14.0. The molecule has 0 saturated heterocycles. The van der Waals surface area contributed by atoms with Crippen molar-refractivity contribution in [2.75, 3.05) is 13.1 Å². The van der Waals surface area contributed by atoms with Crippen LogP contribution in [0.1, 0.15) is 17.2 Å². The number of azide groups is 1. The van der Waals surface area contributed by atoms with Crippen LogP contribution in [0.25, 0.3) is 10.4 Å². The summed E-state index contributed by atoms with van der Waals surface area (Å²) in [6.07, 6.45) is 0. The van der Waals surface area contributed by atoms with Crippen molar-refractivity contribution in [3.8, 4) is 0 Å². The quantitative estimate of drug-likeness (QED) is 0.351. The summed E-state index contributed by atoms with van der Waals surface area (Å²) in [5.41, 5.74) is 8.94. The molecule has 1 atom stereocenters. The van der Waals surface area contributed by atoms with Crippen LogP contribution in [0.5, 0.6) is 0 Å². The maximum absolute atomic E-state index is 13.1. The van der Waals surface area contributed by atoms with Crippen molar-refractivity contribution in [2.24, 2.45) is 5.11 Å². The van der Waals surface area contributed by atoms with Gasteiger partial charge in [0.05, 0.1) is 0 Å². The van der Waals surface area contributed by atoms with Crippen molar-refractivity contribution in [1.82, 2.24) is 5.32 Å². The van der Waals surface area contributed by atoms with E-state index in [1.807, 2.05) is 0 Å². The first-order chi connectivity index (χ1) is 8.56. The van der Waals surface area contributed by atoms with Crippen molar-refractivity contribution in [3.63, 3.8) is 0 Å². The van der Waals surface area contributed by atoms with E-state index in [0.29, 0.717) is 11.1 Å². The molecule has 2 N–H and O–H groups in total. The first-order valence-corrected chi connectivity index (χ1v) is 5.29. The Bertz CT molecular complexity index is 486. The standard InChI is InChI=1S/C11H13FN4O2/c1-7-6-8(2-3-9(7)12)10(11(17)18)14-4-5-15-16-13/h2-3,6,10,14H,4-5H2,1H3,(H,17,18). The topological polar surface area (TPSA) is 98.1 Å². The normalized spacial score (nSPS) is 11.7. The summed E-state index contributed by atoms with van der Waals surface area (Å²) in [7, 11) is 0. The lowest BCUT2D eigenvalue weighted by Gasteiger charge is -2.14. The molecule has 6 nitrogen and oxygen atoms in total. The Labute approximate surface area is 103 Å². The zero-order valence-electron chi connectivity index (χ0n) is 9.80. The van der Waals surface area contributed by atoms with Crippen molar-refractivity contribution < 1.29 is 14.3 Å². The van der Waals surface area contributed by atoms with E-state index in [4.69, 9.17) is 10.6 Å². The smallest absolute Gasteiger partial charge is 0.325 e. The predicted molar refractivity (Wildman–Crippen MR) is 63.5 cm³/mol. The summed E-state index contributed by atoms with van der Waals surface area (Å²) < 4.78 is 13.1. The number of aliphatic carboxylic acids is 1. The van der Waals surface area contributed by atoms with Crippen LogP contribution in [-0.4, -0.2) is 24.2 Å². The summed E-state index contributed by atoms with van der Waals surface area (Å²) in [4.78, 5) is 13.7. The lowest BCUT2D eigenvalue weighted by atomic mass is 10.0. The Kier molecular flexibility index (Phi) is 5.10. The first-order valence-electron chi connectivity index (χ1n) is 5.29. The molecule has 1 rings (SSSR count). The lowest BCUT2D eigenvalue weighted by Crippen LogP contribution is -2.30. The van der Waals surface area contributed by atoms with Crippen LogP contribution in [0.3, 0.4) is 0 Å². The molecule has 0 radical (unpaired) electrons. The highest BCUT2D eigenvalue weighted by molar-refractivity contribution is 5.75. The van der Waals surface area contributed by atoms with E-state index in [0.717, 1.165) is 0 Å².